The number of hydrogen-bond donors (Lipinski definition) is 0. The first-order chi connectivity index (χ1) is 13.3. The Morgan fingerprint density at radius 3 is 2.61 bits per heavy atom. The molecule has 0 radical (unpaired) electrons. The van der Waals surface area contributed by atoms with Gasteiger partial charge in [0.2, 0.25) is 5.52 Å². The number of aromatic nitrogens is 1. The van der Waals surface area contributed by atoms with Gasteiger partial charge in [0.1, 0.15) is 11.2 Å². The predicted octanol–water partition coefficient (Wildman–Crippen LogP) is 7.09. The summed E-state index contributed by atoms with van der Waals surface area (Å²) in [6.45, 7) is 6.60. The normalized spacial score (nSPS) is 14.8. The summed E-state index contributed by atoms with van der Waals surface area (Å²) in [6, 6.07) is 17.4. The fraction of sp³-hybridized carbons (Fsp3) is 0.261. The summed E-state index contributed by atoms with van der Waals surface area (Å²) in [6.07, 6.45) is 9.03. The Kier molecular flexibility index (Phi) is 7.60. The van der Waals surface area contributed by atoms with Crippen LogP contribution in [0.5, 0.6) is 0 Å². The lowest BCUT2D eigenvalue weighted by Crippen LogP contribution is -2.34. The maximum Gasteiger partial charge on any atom is 0.262 e. The van der Waals surface area contributed by atoms with Crippen LogP contribution in [-0.2, 0) is 6.54 Å². The van der Waals surface area contributed by atoms with Gasteiger partial charge in [-0.25, -0.2) is 0 Å². The number of thioether (sulfide) groups is 1. The molecule has 28 heavy (non-hydrogen) atoms. The second-order valence-electron chi connectivity index (χ2n) is 6.65. The Labute approximate surface area is 193 Å². The summed E-state index contributed by atoms with van der Waals surface area (Å²) in [7, 11) is 0. The minimum Gasteiger partial charge on any atom is -0.335 e. The summed E-state index contributed by atoms with van der Waals surface area (Å²) in [5, 5.41) is 2.63. The number of anilines is 1. The highest BCUT2D eigenvalue weighted by molar-refractivity contribution is 14.0. The molecule has 0 N–H and O–H groups in total. The number of benzene rings is 2. The molecular weight excluding hydrogens is 495 g/mol. The minimum atomic E-state index is 0. The standard InChI is InChI=1S/C23H25N2S2.HI/c1-3-16-24-18-10-5-7-12-20(18)26-22(24)14-9-15-23-25(17-4-2)19-11-6-8-13-21(19)27-23;/h5-15H,3-4,16-17H2,1-2H3;1H/q+1;. The molecule has 0 amide bonds. The summed E-state index contributed by atoms with van der Waals surface area (Å²) in [4.78, 5) is 3.79. The highest BCUT2D eigenvalue weighted by atomic mass is 127. The van der Waals surface area contributed by atoms with Crippen LogP contribution in [0, 0.1) is 0 Å². The van der Waals surface area contributed by atoms with E-state index < -0.39 is 0 Å². The van der Waals surface area contributed by atoms with Crippen LogP contribution in [0.1, 0.15) is 31.7 Å². The van der Waals surface area contributed by atoms with Crippen molar-refractivity contribution >= 4 is 69.1 Å². The molecule has 2 aromatic carbocycles. The summed E-state index contributed by atoms with van der Waals surface area (Å²) >= 11 is 3.74. The molecule has 1 aliphatic heterocycles. The number of thiazole rings is 1. The van der Waals surface area contributed by atoms with Crippen molar-refractivity contribution in [3.8, 4) is 0 Å². The molecule has 0 aliphatic carbocycles. The minimum absolute atomic E-state index is 0. The van der Waals surface area contributed by atoms with Crippen LogP contribution in [0.4, 0.5) is 5.69 Å². The smallest absolute Gasteiger partial charge is 0.262 e. The fourth-order valence-corrected chi connectivity index (χ4v) is 5.68. The molecule has 2 heterocycles. The van der Waals surface area contributed by atoms with Crippen LogP contribution in [0.15, 0.2) is 70.6 Å². The van der Waals surface area contributed by atoms with E-state index in [1.54, 1.807) is 0 Å². The fourth-order valence-electron chi connectivity index (χ4n) is 3.48. The quantitative estimate of drug-likeness (QED) is 0.253. The van der Waals surface area contributed by atoms with E-state index in [1.165, 1.54) is 30.8 Å². The maximum atomic E-state index is 2.44. The van der Waals surface area contributed by atoms with Crippen molar-refractivity contribution < 1.29 is 4.57 Å². The Balaban J connectivity index is 0.00000225. The van der Waals surface area contributed by atoms with Gasteiger partial charge >= 0.3 is 0 Å². The summed E-state index contributed by atoms with van der Waals surface area (Å²) in [5.41, 5.74) is 2.68. The number of aryl methyl sites for hydroxylation is 1. The molecule has 0 saturated heterocycles. The third kappa shape index (κ3) is 4.31. The Morgan fingerprint density at radius 1 is 1.00 bits per heavy atom. The van der Waals surface area contributed by atoms with E-state index in [9.17, 15) is 0 Å². The van der Waals surface area contributed by atoms with E-state index in [2.05, 4.69) is 90.1 Å². The Bertz CT molecular complexity index is 1010. The van der Waals surface area contributed by atoms with Crippen LogP contribution in [0.2, 0.25) is 0 Å². The van der Waals surface area contributed by atoms with Gasteiger partial charge in [-0.3, -0.25) is 0 Å². The Hall–Kier alpha value is -1.31. The zero-order chi connectivity index (χ0) is 18.6. The molecule has 1 aliphatic rings. The van der Waals surface area contributed by atoms with Crippen LogP contribution in [0.25, 0.3) is 16.3 Å². The van der Waals surface area contributed by atoms with Gasteiger partial charge in [0.05, 0.1) is 10.7 Å². The molecule has 146 valence electrons. The first kappa shape index (κ1) is 21.4. The van der Waals surface area contributed by atoms with Crippen molar-refractivity contribution in [2.24, 2.45) is 0 Å². The average Bonchev–Trinajstić information content (AvgIpc) is 3.21. The second kappa shape index (κ2) is 9.94. The van der Waals surface area contributed by atoms with Crippen LogP contribution >= 0.6 is 47.1 Å². The van der Waals surface area contributed by atoms with Crippen LogP contribution in [0.3, 0.4) is 0 Å². The number of halogens is 1. The van der Waals surface area contributed by atoms with Crippen molar-refractivity contribution in [2.75, 3.05) is 11.4 Å². The number of fused-ring (bicyclic) bond motifs is 2. The van der Waals surface area contributed by atoms with Gasteiger partial charge in [-0.2, -0.15) is 4.57 Å². The molecule has 0 atom stereocenters. The Morgan fingerprint density at radius 2 is 1.79 bits per heavy atom. The van der Waals surface area contributed by atoms with Gasteiger partial charge in [-0.1, -0.05) is 67.3 Å². The average molecular weight is 522 g/mol. The third-order valence-electron chi connectivity index (χ3n) is 4.65. The largest absolute Gasteiger partial charge is 0.335 e. The SMILES string of the molecule is CCCN1/C(=C/C=C/c2sc3ccccc3[n+]2CCC)Sc2ccccc21.I. The molecular formula is C23H26IN2S2+. The lowest BCUT2D eigenvalue weighted by atomic mass is 10.3. The van der Waals surface area contributed by atoms with Crippen molar-refractivity contribution in [1.29, 1.82) is 0 Å². The number of allylic oxidation sites excluding steroid dienone is 2. The second-order valence-corrected chi connectivity index (χ2v) is 8.77. The molecule has 0 fully saturated rings. The van der Waals surface area contributed by atoms with Gasteiger partial charge in [-0.15, -0.1) is 24.0 Å². The molecule has 0 bridgehead atoms. The summed E-state index contributed by atoms with van der Waals surface area (Å²) < 4.78 is 3.79. The zero-order valence-corrected chi connectivity index (χ0v) is 20.3. The molecule has 5 heteroatoms. The van der Waals surface area contributed by atoms with Gasteiger partial charge in [0.15, 0.2) is 0 Å². The molecule has 0 unspecified atom stereocenters. The van der Waals surface area contributed by atoms with Crippen molar-refractivity contribution in [3.05, 3.63) is 70.7 Å². The van der Waals surface area contributed by atoms with Crippen molar-refractivity contribution in [2.45, 2.75) is 38.1 Å². The molecule has 0 saturated carbocycles. The molecule has 3 aromatic rings. The van der Waals surface area contributed by atoms with E-state index >= 15 is 0 Å². The number of para-hydroxylation sites is 2. The van der Waals surface area contributed by atoms with Gasteiger partial charge in [-0.05, 0) is 30.7 Å². The van der Waals surface area contributed by atoms with Gasteiger partial charge < -0.3 is 4.90 Å². The van der Waals surface area contributed by atoms with E-state index in [1.807, 2.05) is 23.1 Å². The third-order valence-corrected chi connectivity index (χ3v) is 6.91. The van der Waals surface area contributed by atoms with Gasteiger partial charge in [0.25, 0.3) is 5.01 Å². The molecule has 4 rings (SSSR count). The first-order valence-electron chi connectivity index (χ1n) is 9.66. The lowest BCUT2D eigenvalue weighted by molar-refractivity contribution is -0.668. The highest BCUT2D eigenvalue weighted by Gasteiger charge is 2.23. The molecule has 0 spiro atoms. The number of rotatable bonds is 6. The topological polar surface area (TPSA) is 7.12 Å². The highest BCUT2D eigenvalue weighted by Crippen LogP contribution is 2.45. The van der Waals surface area contributed by atoms with Crippen LogP contribution < -0.4 is 9.47 Å². The van der Waals surface area contributed by atoms with E-state index in [4.69, 9.17) is 0 Å². The number of hydrogen-bond acceptors (Lipinski definition) is 3. The predicted molar refractivity (Wildman–Crippen MR) is 135 cm³/mol. The maximum absolute atomic E-state index is 2.44. The van der Waals surface area contributed by atoms with Crippen molar-refractivity contribution in [1.82, 2.24) is 0 Å². The van der Waals surface area contributed by atoms with Crippen LogP contribution in [-0.4, -0.2) is 6.54 Å². The van der Waals surface area contributed by atoms with E-state index in [0.29, 0.717) is 0 Å². The monoisotopic (exact) mass is 521 g/mol. The zero-order valence-electron chi connectivity index (χ0n) is 16.3. The van der Waals surface area contributed by atoms with E-state index in [-0.39, 0.29) is 24.0 Å². The van der Waals surface area contributed by atoms with Crippen molar-refractivity contribution in [3.63, 3.8) is 0 Å². The molecule has 1 aromatic heterocycles. The first-order valence-corrected chi connectivity index (χ1v) is 11.3. The summed E-state index contributed by atoms with van der Waals surface area (Å²) in [5.74, 6) is 0. The van der Waals surface area contributed by atoms with Gasteiger partial charge in [0, 0.05) is 30.0 Å². The van der Waals surface area contributed by atoms with E-state index in [0.717, 1.165) is 25.9 Å². The molecule has 2 nitrogen and oxygen atoms in total. The number of nitrogens with zero attached hydrogens (tertiary/aromatic N) is 2. The lowest BCUT2D eigenvalue weighted by Gasteiger charge is -2.19.